The molecule has 3 heterocycles. The fourth-order valence-corrected chi connectivity index (χ4v) is 6.68. The molecule has 0 unspecified atom stereocenters. The van der Waals surface area contributed by atoms with Crippen molar-refractivity contribution in [2.45, 2.75) is 52.0 Å². The molecule has 2 aliphatic rings. The highest BCUT2D eigenvalue weighted by molar-refractivity contribution is 7.99. The molecule has 1 aliphatic carbocycles. The number of thioether (sulfide) groups is 1. The van der Waals surface area contributed by atoms with Crippen molar-refractivity contribution in [1.82, 2.24) is 14.5 Å². The maximum absolute atomic E-state index is 13.5. The summed E-state index contributed by atoms with van der Waals surface area (Å²) in [5.41, 5.74) is 6.27. The SMILES string of the molecule is Cc1ccccc1Nc1nc(-c2cc(C(=O)N3CCSCC3)c(C)n2C2CCCCC2)cs1. The lowest BCUT2D eigenvalue weighted by Gasteiger charge is -2.28. The molecule has 2 aromatic heterocycles. The van der Waals surface area contributed by atoms with Gasteiger partial charge in [-0.3, -0.25) is 4.79 Å². The zero-order valence-electron chi connectivity index (χ0n) is 19.5. The summed E-state index contributed by atoms with van der Waals surface area (Å²) >= 11 is 3.55. The predicted molar refractivity (Wildman–Crippen MR) is 140 cm³/mol. The van der Waals surface area contributed by atoms with Crippen LogP contribution in [0.5, 0.6) is 0 Å². The molecule has 3 aromatic rings. The Morgan fingerprint density at radius 2 is 1.85 bits per heavy atom. The molecule has 2 fully saturated rings. The zero-order valence-corrected chi connectivity index (χ0v) is 21.1. The second kappa shape index (κ2) is 9.94. The lowest BCUT2D eigenvalue weighted by atomic mass is 9.95. The maximum Gasteiger partial charge on any atom is 0.255 e. The van der Waals surface area contributed by atoms with Gasteiger partial charge in [-0.1, -0.05) is 37.5 Å². The first kappa shape index (κ1) is 22.5. The van der Waals surface area contributed by atoms with Gasteiger partial charge in [0.2, 0.25) is 0 Å². The van der Waals surface area contributed by atoms with E-state index in [1.54, 1.807) is 11.3 Å². The standard InChI is InChI=1S/C26H32N4OS2/c1-18-8-6-7-11-22(18)27-26-28-23(17-33-26)24-16-21(25(31)29-12-14-32-15-13-29)19(2)30(24)20-9-4-3-5-10-20/h6-8,11,16-17,20H,3-5,9-10,12-15H2,1-2H3,(H,27,28). The topological polar surface area (TPSA) is 50.2 Å². The average Bonchev–Trinajstić information content (AvgIpc) is 3.45. The van der Waals surface area contributed by atoms with Crippen molar-refractivity contribution < 1.29 is 4.79 Å². The van der Waals surface area contributed by atoms with Crippen molar-refractivity contribution in [3.8, 4) is 11.4 Å². The summed E-state index contributed by atoms with van der Waals surface area (Å²) in [6.45, 7) is 5.91. The van der Waals surface area contributed by atoms with Gasteiger partial charge in [0.05, 0.1) is 17.0 Å². The van der Waals surface area contributed by atoms with Gasteiger partial charge in [0.25, 0.3) is 5.91 Å². The first-order chi connectivity index (χ1) is 16.1. The molecule has 1 amide bonds. The van der Waals surface area contributed by atoms with E-state index in [-0.39, 0.29) is 5.91 Å². The normalized spacial score (nSPS) is 17.3. The highest BCUT2D eigenvalue weighted by atomic mass is 32.2. The van der Waals surface area contributed by atoms with Crippen molar-refractivity contribution in [3.05, 3.63) is 52.5 Å². The van der Waals surface area contributed by atoms with Gasteiger partial charge >= 0.3 is 0 Å². The van der Waals surface area contributed by atoms with E-state index < -0.39 is 0 Å². The van der Waals surface area contributed by atoms with Crippen LogP contribution in [0.15, 0.2) is 35.7 Å². The summed E-state index contributed by atoms with van der Waals surface area (Å²) in [5.74, 6) is 2.24. The van der Waals surface area contributed by atoms with Gasteiger partial charge < -0.3 is 14.8 Å². The Morgan fingerprint density at radius 3 is 2.61 bits per heavy atom. The molecule has 33 heavy (non-hydrogen) atoms. The van der Waals surface area contributed by atoms with Crippen LogP contribution in [0.3, 0.4) is 0 Å². The Hall–Kier alpha value is -2.25. The quantitative estimate of drug-likeness (QED) is 0.443. The molecule has 1 saturated carbocycles. The number of nitrogens with one attached hydrogen (secondary N) is 1. The third-order valence-corrected chi connectivity index (χ3v) is 8.61. The van der Waals surface area contributed by atoms with E-state index in [2.05, 4.69) is 47.3 Å². The number of anilines is 2. The highest BCUT2D eigenvalue weighted by Crippen LogP contribution is 2.38. The molecular weight excluding hydrogens is 448 g/mol. The monoisotopic (exact) mass is 480 g/mol. The maximum atomic E-state index is 13.5. The summed E-state index contributed by atoms with van der Waals surface area (Å²) in [5, 5.41) is 6.49. The first-order valence-electron chi connectivity index (χ1n) is 12.0. The van der Waals surface area contributed by atoms with E-state index in [1.807, 2.05) is 28.8 Å². The summed E-state index contributed by atoms with van der Waals surface area (Å²) in [6, 6.07) is 10.8. The van der Waals surface area contributed by atoms with Gasteiger partial charge in [-0.2, -0.15) is 11.8 Å². The van der Waals surface area contributed by atoms with Gasteiger partial charge in [0.1, 0.15) is 0 Å². The number of benzene rings is 1. The molecule has 1 N–H and O–H groups in total. The molecule has 0 radical (unpaired) electrons. The molecule has 5 rings (SSSR count). The molecule has 0 bridgehead atoms. The number of carbonyl (C=O) groups excluding carboxylic acids is 1. The number of carbonyl (C=O) groups is 1. The minimum atomic E-state index is 0.178. The number of hydrogen-bond acceptors (Lipinski definition) is 5. The number of rotatable bonds is 5. The predicted octanol–water partition coefficient (Wildman–Crippen LogP) is 6.67. The Morgan fingerprint density at radius 1 is 1.09 bits per heavy atom. The largest absolute Gasteiger partial charge is 0.340 e. The minimum Gasteiger partial charge on any atom is -0.340 e. The number of hydrogen-bond donors (Lipinski definition) is 1. The van der Waals surface area contributed by atoms with Crippen LogP contribution in [0.25, 0.3) is 11.4 Å². The van der Waals surface area contributed by atoms with Crippen molar-refractivity contribution >= 4 is 39.8 Å². The molecule has 5 nitrogen and oxygen atoms in total. The Balaban J connectivity index is 1.50. The Bertz CT molecular complexity index is 1120. The summed E-state index contributed by atoms with van der Waals surface area (Å²) in [7, 11) is 0. The van der Waals surface area contributed by atoms with E-state index in [1.165, 1.54) is 37.7 Å². The third-order valence-electron chi connectivity index (χ3n) is 6.91. The molecule has 1 aliphatic heterocycles. The molecule has 0 spiro atoms. The Kier molecular flexibility index (Phi) is 6.79. The van der Waals surface area contributed by atoms with Crippen molar-refractivity contribution in [2.24, 2.45) is 0 Å². The fraction of sp³-hybridized carbons (Fsp3) is 0.462. The fourth-order valence-electron chi connectivity index (χ4n) is 5.06. The van der Waals surface area contributed by atoms with Crippen molar-refractivity contribution in [1.29, 1.82) is 0 Å². The number of aryl methyl sites for hydroxylation is 1. The molecule has 7 heteroatoms. The molecule has 0 atom stereocenters. The second-order valence-electron chi connectivity index (χ2n) is 9.07. The zero-order chi connectivity index (χ0) is 22.8. The third kappa shape index (κ3) is 4.71. The van der Waals surface area contributed by atoms with Crippen LogP contribution in [-0.4, -0.2) is 45.0 Å². The molecule has 1 saturated heterocycles. The van der Waals surface area contributed by atoms with Crippen LogP contribution in [0.4, 0.5) is 10.8 Å². The van der Waals surface area contributed by atoms with E-state index in [0.717, 1.165) is 58.1 Å². The van der Waals surface area contributed by atoms with Crippen LogP contribution >= 0.6 is 23.1 Å². The lowest BCUT2D eigenvalue weighted by molar-refractivity contribution is 0.0771. The first-order valence-corrected chi connectivity index (χ1v) is 14.0. The molecule has 174 valence electrons. The lowest BCUT2D eigenvalue weighted by Crippen LogP contribution is -2.38. The van der Waals surface area contributed by atoms with E-state index in [0.29, 0.717) is 6.04 Å². The van der Waals surface area contributed by atoms with E-state index >= 15 is 0 Å². The van der Waals surface area contributed by atoms with E-state index in [4.69, 9.17) is 4.98 Å². The summed E-state index contributed by atoms with van der Waals surface area (Å²) in [6.07, 6.45) is 6.17. The van der Waals surface area contributed by atoms with Crippen LogP contribution in [0.1, 0.15) is 59.8 Å². The van der Waals surface area contributed by atoms with Gasteiger partial charge in [-0.25, -0.2) is 4.98 Å². The summed E-state index contributed by atoms with van der Waals surface area (Å²) in [4.78, 5) is 20.4. The van der Waals surface area contributed by atoms with Gasteiger partial charge in [0.15, 0.2) is 5.13 Å². The van der Waals surface area contributed by atoms with Crippen molar-refractivity contribution in [3.63, 3.8) is 0 Å². The van der Waals surface area contributed by atoms with Gasteiger partial charge in [0, 0.05) is 47.4 Å². The van der Waals surface area contributed by atoms with Gasteiger partial charge in [-0.05, 0) is 44.4 Å². The summed E-state index contributed by atoms with van der Waals surface area (Å²) < 4.78 is 2.43. The number of para-hydroxylation sites is 1. The molecular formula is C26H32N4OS2. The Labute approximate surface area is 204 Å². The average molecular weight is 481 g/mol. The van der Waals surface area contributed by atoms with Crippen LogP contribution in [-0.2, 0) is 0 Å². The van der Waals surface area contributed by atoms with Crippen molar-refractivity contribution in [2.75, 3.05) is 29.9 Å². The van der Waals surface area contributed by atoms with Gasteiger partial charge in [-0.15, -0.1) is 11.3 Å². The highest BCUT2D eigenvalue weighted by Gasteiger charge is 2.28. The van der Waals surface area contributed by atoms with Crippen LogP contribution in [0, 0.1) is 13.8 Å². The number of aromatic nitrogens is 2. The van der Waals surface area contributed by atoms with E-state index in [9.17, 15) is 4.79 Å². The van der Waals surface area contributed by atoms with Crippen LogP contribution < -0.4 is 5.32 Å². The number of nitrogens with zero attached hydrogens (tertiary/aromatic N) is 3. The second-order valence-corrected chi connectivity index (χ2v) is 11.2. The smallest absolute Gasteiger partial charge is 0.255 e. The van der Waals surface area contributed by atoms with Crippen LogP contribution in [0.2, 0.25) is 0 Å². The number of amides is 1. The molecule has 1 aromatic carbocycles. The minimum absolute atomic E-state index is 0.178. The number of thiazole rings is 1.